The molecular weight excluding hydrogens is 262 g/mol. The maximum Gasteiger partial charge on any atom is 0.341 e. The minimum atomic E-state index is -0.401. The van der Waals surface area contributed by atoms with Crippen molar-refractivity contribution in [1.82, 2.24) is 14.6 Å². The third-order valence-corrected chi connectivity index (χ3v) is 2.64. The fourth-order valence-electron chi connectivity index (χ4n) is 1.20. The van der Waals surface area contributed by atoms with E-state index in [0.717, 1.165) is 0 Å². The van der Waals surface area contributed by atoms with Gasteiger partial charge in [0.25, 0.3) is 0 Å². The number of imidazole rings is 1. The van der Waals surface area contributed by atoms with Crippen LogP contribution in [0.1, 0.15) is 17.3 Å². The van der Waals surface area contributed by atoms with E-state index in [9.17, 15) is 4.79 Å². The highest BCUT2D eigenvalue weighted by Crippen LogP contribution is 2.20. The average molecular weight is 270 g/mol. The van der Waals surface area contributed by atoms with Gasteiger partial charge in [0.05, 0.1) is 22.8 Å². The van der Waals surface area contributed by atoms with Crippen molar-refractivity contribution in [2.45, 2.75) is 6.92 Å². The lowest BCUT2D eigenvalue weighted by Gasteiger charge is -2.04. The Hall–Kier alpha value is -1.43. The highest BCUT2D eigenvalue weighted by molar-refractivity contribution is 9.10. The van der Waals surface area contributed by atoms with Crippen LogP contribution in [0.5, 0.6) is 0 Å². The van der Waals surface area contributed by atoms with Crippen LogP contribution in [0.2, 0.25) is 0 Å². The molecule has 0 aliphatic heterocycles. The predicted octanol–water partition coefficient (Wildman–Crippen LogP) is 1.67. The summed E-state index contributed by atoms with van der Waals surface area (Å²) < 4.78 is 7.06. The van der Waals surface area contributed by atoms with E-state index in [-0.39, 0.29) is 0 Å². The van der Waals surface area contributed by atoms with Gasteiger partial charge in [0.15, 0.2) is 5.65 Å². The number of fused-ring (bicyclic) bond motifs is 1. The van der Waals surface area contributed by atoms with E-state index in [1.807, 2.05) is 0 Å². The molecule has 0 aromatic carbocycles. The van der Waals surface area contributed by atoms with E-state index in [0.29, 0.717) is 22.3 Å². The summed E-state index contributed by atoms with van der Waals surface area (Å²) in [6.07, 6.45) is 4.77. The summed E-state index contributed by atoms with van der Waals surface area (Å²) >= 11 is 3.31. The summed E-state index contributed by atoms with van der Waals surface area (Å²) in [5, 5.41) is 4.03. The van der Waals surface area contributed by atoms with Crippen LogP contribution in [0.25, 0.3) is 5.65 Å². The Kier molecular flexibility index (Phi) is 2.68. The first kappa shape index (κ1) is 10.1. The second kappa shape index (κ2) is 3.98. The molecule has 0 bridgehead atoms. The summed E-state index contributed by atoms with van der Waals surface area (Å²) in [6.45, 7) is 2.10. The molecule has 0 fully saturated rings. The number of hydrogen-bond acceptors (Lipinski definition) is 4. The molecule has 2 aromatic rings. The zero-order chi connectivity index (χ0) is 10.8. The monoisotopic (exact) mass is 269 g/mol. The summed E-state index contributed by atoms with van der Waals surface area (Å²) in [5.74, 6) is -0.401. The molecule has 0 amide bonds. The molecule has 2 aromatic heterocycles. The standard InChI is InChI=1S/C9H8BrN3O2/c1-2-15-9(14)6-5-12-13-4-3-11-8(13)7(6)10/h3-5H,2H2,1H3. The molecular formula is C9H8BrN3O2. The Bertz CT molecular complexity index is 509. The van der Waals surface area contributed by atoms with Crippen molar-refractivity contribution in [2.24, 2.45) is 0 Å². The van der Waals surface area contributed by atoms with Crippen molar-refractivity contribution in [3.63, 3.8) is 0 Å². The molecule has 78 valence electrons. The Morgan fingerprint density at radius 2 is 2.47 bits per heavy atom. The van der Waals surface area contributed by atoms with Crippen molar-refractivity contribution in [1.29, 1.82) is 0 Å². The lowest BCUT2D eigenvalue weighted by Crippen LogP contribution is -2.08. The number of halogens is 1. The van der Waals surface area contributed by atoms with Crippen LogP contribution < -0.4 is 0 Å². The van der Waals surface area contributed by atoms with Crippen LogP contribution in [0.15, 0.2) is 23.1 Å². The van der Waals surface area contributed by atoms with Gasteiger partial charge in [0.1, 0.15) is 0 Å². The highest BCUT2D eigenvalue weighted by Gasteiger charge is 2.15. The molecule has 0 unspecified atom stereocenters. The van der Waals surface area contributed by atoms with Crippen LogP contribution >= 0.6 is 15.9 Å². The number of hydrogen-bond donors (Lipinski definition) is 0. The summed E-state index contributed by atoms with van der Waals surface area (Å²) in [5.41, 5.74) is 0.983. The lowest BCUT2D eigenvalue weighted by molar-refractivity contribution is 0.0524. The Morgan fingerprint density at radius 3 is 3.20 bits per heavy atom. The van der Waals surface area contributed by atoms with E-state index in [2.05, 4.69) is 26.0 Å². The second-order valence-corrected chi connectivity index (χ2v) is 3.58. The second-order valence-electron chi connectivity index (χ2n) is 2.79. The van der Waals surface area contributed by atoms with Gasteiger partial charge in [-0.2, -0.15) is 5.10 Å². The van der Waals surface area contributed by atoms with Crippen LogP contribution in [-0.4, -0.2) is 27.2 Å². The first-order valence-corrected chi connectivity index (χ1v) is 5.18. The van der Waals surface area contributed by atoms with Crippen molar-refractivity contribution < 1.29 is 9.53 Å². The molecule has 2 heterocycles. The number of aromatic nitrogens is 3. The zero-order valence-corrected chi connectivity index (χ0v) is 9.56. The number of carbonyl (C=O) groups excluding carboxylic acids is 1. The van der Waals surface area contributed by atoms with E-state index in [4.69, 9.17) is 4.74 Å². The van der Waals surface area contributed by atoms with Crippen molar-refractivity contribution in [3.8, 4) is 0 Å². The Morgan fingerprint density at radius 1 is 1.67 bits per heavy atom. The molecule has 5 nitrogen and oxygen atoms in total. The number of ether oxygens (including phenoxy) is 1. The average Bonchev–Trinajstić information content (AvgIpc) is 2.67. The Labute approximate surface area is 94.2 Å². The molecule has 0 saturated carbocycles. The van der Waals surface area contributed by atoms with Crippen molar-refractivity contribution in [2.75, 3.05) is 6.61 Å². The summed E-state index contributed by atoms with van der Waals surface area (Å²) in [7, 11) is 0. The molecule has 0 N–H and O–H groups in total. The number of rotatable bonds is 2. The number of carbonyl (C=O) groups is 1. The molecule has 15 heavy (non-hydrogen) atoms. The first-order valence-electron chi connectivity index (χ1n) is 4.39. The van der Waals surface area contributed by atoms with Gasteiger partial charge in [-0.3, -0.25) is 0 Å². The SMILES string of the molecule is CCOC(=O)c1cnn2ccnc2c1Br. The topological polar surface area (TPSA) is 56.5 Å². The summed E-state index contributed by atoms with van der Waals surface area (Å²) in [4.78, 5) is 15.6. The van der Waals surface area contributed by atoms with E-state index in [1.54, 1.807) is 23.8 Å². The smallest absolute Gasteiger partial charge is 0.341 e. The normalized spacial score (nSPS) is 10.5. The Balaban J connectivity index is 2.52. The fraction of sp³-hybridized carbons (Fsp3) is 0.222. The molecule has 0 radical (unpaired) electrons. The third-order valence-electron chi connectivity index (χ3n) is 1.86. The molecule has 6 heteroatoms. The highest BCUT2D eigenvalue weighted by atomic mass is 79.9. The van der Waals surface area contributed by atoms with Crippen LogP contribution in [-0.2, 0) is 4.74 Å². The number of nitrogens with zero attached hydrogens (tertiary/aromatic N) is 3. The van der Waals surface area contributed by atoms with Crippen LogP contribution in [0.3, 0.4) is 0 Å². The fourth-order valence-corrected chi connectivity index (χ4v) is 1.74. The molecule has 0 aliphatic rings. The van der Waals surface area contributed by atoms with Crippen molar-refractivity contribution in [3.05, 3.63) is 28.6 Å². The van der Waals surface area contributed by atoms with Gasteiger partial charge >= 0.3 is 5.97 Å². The minimum absolute atomic E-state index is 0.338. The number of esters is 1. The molecule has 0 atom stereocenters. The molecule has 0 aliphatic carbocycles. The lowest BCUT2D eigenvalue weighted by atomic mass is 10.3. The van der Waals surface area contributed by atoms with Gasteiger partial charge in [0.2, 0.25) is 0 Å². The largest absolute Gasteiger partial charge is 0.462 e. The van der Waals surface area contributed by atoms with Crippen LogP contribution in [0.4, 0.5) is 0 Å². The molecule has 2 rings (SSSR count). The third kappa shape index (κ3) is 1.72. The van der Waals surface area contributed by atoms with Gasteiger partial charge in [-0.25, -0.2) is 14.3 Å². The zero-order valence-electron chi connectivity index (χ0n) is 7.98. The molecule has 0 spiro atoms. The van der Waals surface area contributed by atoms with E-state index in [1.165, 1.54) is 6.20 Å². The van der Waals surface area contributed by atoms with E-state index >= 15 is 0 Å². The quantitative estimate of drug-likeness (QED) is 0.779. The summed E-state index contributed by atoms with van der Waals surface area (Å²) in [6, 6.07) is 0. The van der Waals surface area contributed by atoms with Crippen LogP contribution in [0, 0.1) is 0 Å². The van der Waals surface area contributed by atoms with Gasteiger partial charge < -0.3 is 4.74 Å². The maximum absolute atomic E-state index is 11.5. The van der Waals surface area contributed by atoms with Crippen molar-refractivity contribution >= 4 is 27.5 Å². The van der Waals surface area contributed by atoms with Gasteiger partial charge in [-0.05, 0) is 22.9 Å². The van der Waals surface area contributed by atoms with Gasteiger partial charge in [0, 0.05) is 12.4 Å². The molecule has 0 saturated heterocycles. The van der Waals surface area contributed by atoms with Gasteiger partial charge in [-0.1, -0.05) is 0 Å². The predicted molar refractivity (Wildman–Crippen MR) is 56.6 cm³/mol. The maximum atomic E-state index is 11.5. The first-order chi connectivity index (χ1) is 7.24. The van der Waals surface area contributed by atoms with E-state index < -0.39 is 5.97 Å². The van der Waals surface area contributed by atoms with Gasteiger partial charge in [-0.15, -0.1) is 0 Å². The minimum Gasteiger partial charge on any atom is -0.462 e.